The van der Waals surface area contributed by atoms with Gasteiger partial charge in [0.1, 0.15) is 17.2 Å². The Balaban J connectivity index is 1.90. The Hall–Kier alpha value is -3.52. The number of aryl methyl sites for hydroxylation is 2. The number of aliphatic hydroxyl groups is 1. The molecule has 4 rings (SSSR count). The van der Waals surface area contributed by atoms with Gasteiger partial charge in [0.15, 0.2) is 5.76 Å². The number of amides is 1. The van der Waals surface area contributed by atoms with Crippen molar-refractivity contribution in [1.82, 2.24) is 19.2 Å². The molecule has 3 aromatic rings. The van der Waals surface area contributed by atoms with Gasteiger partial charge in [-0.1, -0.05) is 18.2 Å². The number of halogens is 1. The van der Waals surface area contributed by atoms with Crippen LogP contribution in [-0.4, -0.2) is 63.2 Å². The van der Waals surface area contributed by atoms with Gasteiger partial charge in [-0.25, -0.2) is 9.37 Å². The van der Waals surface area contributed by atoms with E-state index in [0.717, 1.165) is 5.56 Å². The number of likely N-dealkylation sites (tertiary alicyclic amines) is 1. The lowest BCUT2D eigenvalue weighted by Gasteiger charge is -2.26. The molecular formula is C25H27FN4O3. The lowest BCUT2D eigenvalue weighted by atomic mass is 9.96. The van der Waals surface area contributed by atoms with Crippen molar-refractivity contribution in [3.05, 3.63) is 76.5 Å². The van der Waals surface area contributed by atoms with Gasteiger partial charge in [0.2, 0.25) is 0 Å². The van der Waals surface area contributed by atoms with Gasteiger partial charge in [-0.3, -0.25) is 14.0 Å². The highest BCUT2D eigenvalue weighted by Crippen LogP contribution is 2.40. The Morgan fingerprint density at radius 1 is 1.18 bits per heavy atom. The molecule has 1 saturated heterocycles. The second-order valence-electron chi connectivity index (χ2n) is 8.63. The van der Waals surface area contributed by atoms with Gasteiger partial charge in [-0.2, -0.15) is 0 Å². The van der Waals surface area contributed by atoms with Crippen LogP contribution in [0, 0.1) is 19.7 Å². The molecule has 0 radical (unpaired) electrons. The molecule has 1 aliphatic rings. The largest absolute Gasteiger partial charge is 0.505 e. The van der Waals surface area contributed by atoms with Crippen molar-refractivity contribution in [2.45, 2.75) is 26.3 Å². The van der Waals surface area contributed by atoms with Gasteiger partial charge < -0.3 is 14.9 Å². The Morgan fingerprint density at radius 3 is 2.64 bits per heavy atom. The van der Waals surface area contributed by atoms with Crippen LogP contribution in [0.25, 0.3) is 11.4 Å². The van der Waals surface area contributed by atoms with Gasteiger partial charge in [0.05, 0.1) is 17.3 Å². The number of imidazole rings is 1. The Kier molecular flexibility index (Phi) is 6.03. The van der Waals surface area contributed by atoms with Crippen molar-refractivity contribution >= 4 is 23.1 Å². The number of ketones is 1. The van der Waals surface area contributed by atoms with Crippen LogP contribution in [0.4, 0.5) is 4.39 Å². The maximum absolute atomic E-state index is 14.1. The molecule has 0 saturated carbocycles. The molecule has 1 fully saturated rings. The van der Waals surface area contributed by atoms with E-state index >= 15 is 0 Å². The molecule has 1 amide bonds. The van der Waals surface area contributed by atoms with Crippen LogP contribution in [0.1, 0.15) is 35.0 Å². The smallest absolute Gasteiger partial charge is 0.295 e. The lowest BCUT2D eigenvalue weighted by Crippen LogP contribution is -2.32. The summed E-state index contributed by atoms with van der Waals surface area (Å²) in [7, 11) is 3.85. The number of rotatable bonds is 6. The van der Waals surface area contributed by atoms with Crippen molar-refractivity contribution in [3.8, 4) is 0 Å². The summed E-state index contributed by atoms with van der Waals surface area (Å²) in [5.41, 5.74) is 2.81. The fourth-order valence-corrected chi connectivity index (χ4v) is 4.42. The maximum Gasteiger partial charge on any atom is 0.295 e. The molecule has 1 aromatic carbocycles. The number of benzene rings is 1. The Morgan fingerprint density at radius 2 is 1.94 bits per heavy atom. The molecule has 1 atom stereocenters. The predicted molar refractivity (Wildman–Crippen MR) is 123 cm³/mol. The fraction of sp³-hybridized carbons (Fsp3) is 0.320. The summed E-state index contributed by atoms with van der Waals surface area (Å²) in [6.07, 6.45) is 2.38. The first kappa shape index (κ1) is 22.7. The summed E-state index contributed by atoms with van der Waals surface area (Å²) >= 11 is 0. The van der Waals surface area contributed by atoms with Crippen LogP contribution in [0.3, 0.4) is 0 Å². The number of aliphatic hydroxyl groups excluding tert-OH is 1. The first-order valence-corrected chi connectivity index (χ1v) is 10.8. The lowest BCUT2D eigenvalue weighted by molar-refractivity contribution is -0.139. The zero-order valence-corrected chi connectivity index (χ0v) is 19.2. The summed E-state index contributed by atoms with van der Waals surface area (Å²) in [5.74, 6) is -2.28. The second-order valence-corrected chi connectivity index (χ2v) is 8.63. The molecule has 0 aliphatic carbocycles. The monoisotopic (exact) mass is 450 g/mol. The summed E-state index contributed by atoms with van der Waals surface area (Å²) in [6, 6.07) is 8.64. The van der Waals surface area contributed by atoms with Crippen LogP contribution in [0.2, 0.25) is 0 Å². The highest BCUT2D eigenvalue weighted by Gasteiger charge is 2.46. The minimum atomic E-state index is -0.891. The molecule has 8 heteroatoms. The van der Waals surface area contributed by atoms with Gasteiger partial charge in [-0.15, -0.1) is 0 Å². The van der Waals surface area contributed by atoms with E-state index in [4.69, 9.17) is 0 Å². The third-order valence-corrected chi connectivity index (χ3v) is 5.95. The molecule has 33 heavy (non-hydrogen) atoms. The number of aromatic nitrogens is 2. The van der Waals surface area contributed by atoms with Crippen molar-refractivity contribution in [1.29, 1.82) is 0 Å². The van der Waals surface area contributed by atoms with E-state index in [1.54, 1.807) is 23.6 Å². The van der Waals surface area contributed by atoms with Crippen LogP contribution < -0.4 is 0 Å². The standard InChI is InChI=1S/C25H27FN4O3/c1-15-8-6-12-29-20(16(2)27-24(15)29)22(31)19-21(17-9-5-10-18(26)14-17)30(25(33)23(19)32)13-7-11-28(3)4/h5-6,8-10,12,14,21,31H,7,11,13H2,1-4H3/t21-/m1/s1. The SMILES string of the molecule is Cc1nc2c(C)cccn2c1C(O)=C1C(=O)C(=O)N(CCCN(C)C)[C@@H]1c1cccc(F)c1. The highest BCUT2D eigenvalue weighted by atomic mass is 19.1. The van der Waals surface area contributed by atoms with Crippen LogP contribution in [0.15, 0.2) is 48.2 Å². The molecule has 0 bridgehead atoms. The topological polar surface area (TPSA) is 78.1 Å². The van der Waals surface area contributed by atoms with Gasteiger partial charge in [-0.05, 0) is 70.2 Å². The van der Waals surface area contributed by atoms with E-state index in [-0.39, 0.29) is 11.3 Å². The van der Waals surface area contributed by atoms with Crippen LogP contribution >= 0.6 is 0 Å². The number of carbonyl (C=O) groups excluding carboxylic acids is 2. The Labute approximate surface area is 191 Å². The number of hydrogen-bond acceptors (Lipinski definition) is 5. The number of fused-ring (bicyclic) bond motifs is 1. The molecular weight excluding hydrogens is 423 g/mol. The summed E-state index contributed by atoms with van der Waals surface area (Å²) in [5, 5.41) is 11.4. The van der Waals surface area contributed by atoms with E-state index in [2.05, 4.69) is 4.98 Å². The number of Topliss-reactive ketones (excluding diaryl/α,β-unsaturated/α-hetero) is 1. The van der Waals surface area contributed by atoms with Gasteiger partial charge in [0, 0.05) is 12.7 Å². The zero-order valence-electron chi connectivity index (χ0n) is 19.2. The summed E-state index contributed by atoms with van der Waals surface area (Å²) in [6.45, 7) is 4.66. The van der Waals surface area contributed by atoms with Crippen molar-refractivity contribution in [3.63, 3.8) is 0 Å². The van der Waals surface area contributed by atoms with Crippen molar-refractivity contribution < 1.29 is 19.1 Å². The van der Waals surface area contributed by atoms with E-state index < -0.39 is 23.5 Å². The number of nitrogens with zero attached hydrogens (tertiary/aromatic N) is 4. The Bertz CT molecular complexity index is 1280. The molecule has 0 unspecified atom stereocenters. The number of carbonyl (C=O) groups is 2. The molecule has 7 nitrogen and oxygen atoms in total. The fourth-order valence-electron chi connectivity index (χ4n) is 4.42. The zero-order chi connectivity index (χ0) is 23.9. The third kappa shape index (κ3) is 4.02. The predicted octanol–water partition coefficient (Wildman–Crippen LogP) is 3.46. The molecule has 3 heterocycles. The molecule has 1 N–H and O–H groups in total. The van der Waals surface area contributed by atoms with E-state index in [9.17, 15) is 19.1 Å². The van der Waals surface area contributed by atoms with Crippen LogP contribution in [-0.2, 0) is 9.59 Å². The van der Waals surface area contributed by atoms with Crippen molar-refractivity contribution in [2.75, 3.05) is 27.2 Å². The molecule has 172 valence electrons. The minimum absolute atomic E-state index is 0.0538. The second kappa shape index (κ2) is 8.78. The maximum atomic E-state index is 14.1. The third-order valence-electron chi connectivity index (χ3n) is 5.95. The van der Waals surface area contributed by atoms with E-state index in [1.165, 1.54) is 23.1 Å². The average molecular weight is 451 g/mol. The van der Waals surface area contributed by atoms with Crippen LogP contribution in [0.5, 0.6) is 0 Å². The molecule has 1 aliphatic heterocycles. The molecule has 0 spiro atoms. The summed E-state index contributed by atoms with van der Waals surface area (Å²) in [4.78, 5) is 34.2. The number of pyridine rings is 1. The number of hydrogen-bond donors (Lipinski definition) is 1. The normalized spacial score (nSPS) is 18.1. The van der Waals surface area contributed by atoms with E-state index in [1.807, 2.05) is 38.1 Å². The molecule has 2 aromatic heterocycles. The van der Waals surface area contributed by atoms with Crippen molar-refractivity contribution in [2.24, 2.45) is 0 Å². The first-order valence-electron chi connectivity index (χ1n) is 10.8. The van der Waals surface area contributed by atoms with Gasteiger partial charge in [0.25, 0.3) is 11.7 Å². The first-order chi connectivity index (χ1) is 15.7. The quantitative estimate of drug-likeness (QED) is 0.354. The minimum Gasteiger partial charge on any atom is -0.505 e. The summed E-state index contributed by atoms with van der Waals surface area (Å²) < 4.78 is 15.8. The average Bonchev–Trinajstić information content (AvgIpc) is 3.23. The van der Waals surface area contributed by atoms with E-state index in [0.29, 0.717) is 42.1 Å². The highest BCUT2D eigenvalue weighted by molar-refractivity contribution is 6.46. The van der Waals surface area contributed by atoms with Gasteiger partial charge >= 0.3 is 0 Å².